The Balaban J connectivity index is 1.74. The second kappa shape index (κ2) is 8.63. The van der Waals surface area contributed by atoms with Gasteiger partial charge in [-0.15, -0.1) is 0 Å². The van der Waals surface area contributed by atoms with Crippen molar-refractivity contribution >= 4 is 27.3 Å². The summed E-state index contributed by atoms with van der Waals surface area (Å²) in [5.41, 5.74) is 0.434. The van der Waals surface area contributed by atoms with Crippen LogP contribution in [0.3, 0.4) is 0 Å². The van der Waals surface area contributed by atoms with E-state index in [0.717, 1.165) is 12.1 Å². The van der Waals surface area contributed by atoms with Crippen molar-refractivity contribution in [1.29, 1.82) is 0 Å². The van der Waals surface area contributed by atoms with Gasteiger partial charge in [-0.25, -0.2) is 17.2 Å². The minimum absolute atomic E-state index is 0.0103. The molecule has 0 bridgehead atoms. The average molecular weight is 480 g/mol. The van der Waals surface area contributed by atoms with Crippen LogP contribution in [0, 0.1) is 18.6 Å². The number of aromatic nitrogens is 2. The minimum atomic E-state index is -3.43. The van der Waals surface area contributed by atoms with Crippen molar-refractivity contribution in [3.05, 3.63) is 75.9 Å². The van der Waals surface area contributed by atoms with Gasteiger partial charge in [0, 0.05) is 10.6 Å². The number of benzene rings is 2. The van der Waals surface area contributed by atoms with Gasteiger partial charge in [-0.1, -0.05) is 23.7 Å². The van der Waals surface area contributed by atoms with Gasteiger partial charge in [0.1, 0.15) is 11.6 Å². The van der Waals surface area contributed by atoms with E-state index in [1.165, 1.54) is 13.1 Å². The molecule has 1 aromatic heterocycles. The Kier molecular flexibility index (Phi) is 6.05. The molecule has 0 spiro atoms. The molecule has 1 fully saturated rings. The molecule has 0 aliphatic carbocycles. The van der Waals surface area contributed by atoms with E-state index in [-0.39, 0.29) is 28.1 Å². The number of rotatable bonds is 5. The highest BCUT2D eigenvalue weighted by atomic mass is 35.5. The summed E-state index contributed by atoms with van der Waals surface area (Å²) in [5.74, 6) is -1.97. The molecule has 1 aliphatic heterocycles. The summed E-state index contributed by atoms with van der Waals surface area (Å²) in [4.78, 5) is 13.2. The van der Waals surface area contributed by atoms with E-state index in [2.05, 4.69) is 15.5 Å². The van der Waals surface area contributed by atoms with E-state index in [1.807, 2.05) is 0 Å². The Morgan fingerprint density at radius 1 is 1.25 bits per heavy atom. The smallest absolute Gasteiger partial charge is 0.255 e. The van der Waals surface area contributed by atoms with Crippen LogP contribution in [0.2, 0.25) is 5.02 Å². The molecule has 0 radical (unpaired) electrons. The van der Waals surface area contributed by atoms with Crippen LogP contribution in [0.25, 0.3) is 11.3 Å². The van der Waals surface area contributed by atoms with Crippen LogP contribution in [0.1, 0.15) is 40.4 Å². The Hall–Kier alpha value is -2.78. The molecular formula is C22H20ClF2N3O3S. The van der Waals surface area contributed by atoms with E-state index in [1.54, 1.807) is 24.3 Å². The van der Waals surface area contributed by atoms with E-state index in [4.69, 9.17) is 11.6 Å². The van der Waals surface area contributed by atoms with Crippen LogP contribution in [-0.4, -0.2) is 35.5 Å². The Morgan fingerprint density at radius 2 is 2.00 bits per heavy atom. The topological polar surface area (TPSA) is 91.9 Å². The number of H-pyrrole nitrogens is 1. The maximum Gasteiger partial charge on any atom is 0.255 e. The fraction of sp³-hybridized carbons (Fsp3) is 0.273. The lowest BCUT2D eigenvalue weighted by molar-refractivity contribution is 0.0936. The second-order valence-corrected chi connectivity index (χ2v) is 10.5. The largest absolute Gasteiger partial charge is 0.344 e. The van der Waals surface area contributed by atoms with Gasteiger partial charge in [0.05, 0.1) is 34.5 Å². The molecule has 10 heteroatoms. The standard InChI is InChI=1S/C22H20ClF2N3O3S/c1-12-16(24)7-8-17(25)19(12)21-15(11-26-28-21)22(29)27-20(13-4-2-5-14(23)10-13)18-6-3-9-32(18,30)31/h2,4-5,7-8,10-11,18,20H,3,6,9H2,1H3,(H,26,28)(H,27,29)/t18?,20-/m1/s1. The molecule has 2 aromatic carbocycles. The molecule has 4 rings (SSSR count). The van der Waals surface area contributed by atoms with Gasteiger partial charge < -0.3 is 5.32 Å². The highest BCUT2D eigenvalue weighted by Crippen LogP contribution is 2.34. The van der Waals surface area contributed by atoms with Gasteiger partial charge in [0.15, 0.2) is 9.84 Å². The molecule has 6 nitrogen and oxygen atoms in total. The minimum Gasteiger partial charge on any atom is -0.344 e. The lowest BCUT2D eigenvalue weighted by atomic mass is 9.98. The highest BCUT2D eigenvalue weighted by molar-refractivity contribution is 7.92. The van der Waals surface area contributed by atoms with Gasteiger partial charge in [0.2, 0.25) is 0 Å². The summed E-state index contributed by atoms with van der Waals surface area (Å²) in [6, 6.07) is 7.73. The first-order valence-electron chi connectivity index (χ1n) is 9.95. The number of sulfone groups is 1. The van der Waals surface area contributed by atoms with Crippen molar-refractivity contribution in [3.63, 3.8) is 0 Å². The van der Waals surface area contributed by atoms with Gasteiger partial charge in [-0.2, -0.15) is 5.10 Å². The molecule has 32 heavy (non-hydrogen) atoms. The summed E-state index contributed by atoms with van der Waals surface area (Å²) >= 11 is 6.10. The number of aromatic amines is 1. The number of halogens is 3. The number of nitrogens with zero attached hydrogens (tertiary/aromatic N) is 1. The number of amides is 1. The summed E-state index contributed by atoms with van der Waals surface area (Å²) in [7, 11) is -3.43. The third-order valence-electron chi connectivity index (χ3n) is 5.73. The maximum absolute atomic E-state index is 14.5. The average Bonchev–Trinajstić information content (AvgIpc) is 3.35. The normalized spacial score (nSPS) is 18.4. The number of hydrogen-bond donors (Lipinski definition) is 2. The number of nitrogens with one attached hydrogen (secondary N) is 2. The van der Waals surface area contributed by atoms with E-state index in [0.29, 0.717) is 23.4 Å². The quantitative estimate of drug-likeness (QED) is 0.568. The summed E-state index contributed by atoms with van der Waals surface area (Å²) in [6.45, 7) is 1.40. The number of carbonyl (C=O) groups excluding carboxylic acids is 1. The van der Waals surface area contributed by atoms with Crippen LogP contribution >= 0.6 is 11.6 Å². The van der Waals surface area contributed by atoms with Crippen molar-refractivity contribution in [2.75, 3.05) is 5.75 Å². The summed E-state index contributed by atoms with van der Waals surface area (Å²) in [5, 5.41) is 8.75. The lowest BCUT2D eigenvalue weighted by Gasteiger charge is -2.25. The van der Waals surface area contributed by atoms with Gasteiger partial charge in [-0.05, 0) is 55.2 Å². The first-order chi connectivity index (χ1) is 15.2. The zero-order valence-corrected chi connectivity index (χ0v) is 18.6. The third kappa shape index (κ3) is 4.14. The fourth-order valence-corrected chi connectivity index (χ4v) is 6.35. The second-order valence-electron chi connectivity index (χ2n) is 7.74. The van der Waals surface area contributed by atoms with Crippen LogP contribution < -0.4 is 5.32 Å². The van der Waals surface area contributed by atoms with Gasteiger partial charge in [0.25, 0.3) is 5.91 Å². The molecular weight excluding hydrogens is 460 g/mol. The first kappa shape index (κ1) is 22.4. The monoisotopic (exact) mass is 479 g/mol. The number of hydrogen-bond acceptors (Lipinski definition) is 4. The fourth-order valence-electron chi connectivity index (χ4n) is 4.11. The molecule has 168 valence electrons. The van der Waals surface area contributed by atoms with E-state index < -0.39 is 38.7 Å². The predicted molar refractivity (Wildman–Crippen MR) is 117 cm³/mol. The Morgan fingerprint density at radius 3 is 2.69 bits per heavy atom. The molecule has 3 aromatic rings. The molecule has 2 atom stereocenters. The van der Waals surface area contributed by atoms with Crippen LogP contribution in [0.15, 0.2) is 42.6 Å². The SMILES string of the molecule is Cc1c(F)ccc(F)c1-c1[nH]ncc1C(=O)N[C@H](c1cccc(Cl)c1)C1CCCS1(=O)=O. The molecule has 2 heterocycles. The summed E-state index contributed by atoms with van der Waals surface area (Å²) in [6.07, 6.45) is 2.08. The zero-order valence-electron chi connectivity index (χ0n) is 17.0. The molecule has 1 amide bonds. The van der Waals surface area contributed by atoms with Crippen LogP contribution in [-0.2, 0) is 9.84 Å². The van der Waals surface area contributed by atoms with E-state index in [9.17, 15) is 22.0 Å². The first-order valence-corrected chi connectivity index (χ1v) is 12.0. The molecule has 2 N–H and O–H groups in total. The van der Waals surface area contributed by atoms with Crippen molar-refractivity contribution in [3.8, 4) is 11.3 Å². The Labute approximate surface area is 188 Å². The van der Waals surface area contributed by atoms with Gasteiger partial charge >= 0.3 is 0 Å². The molecule has 0 saturated carbocycles. The molecule has 1 saturated heterocycles. The molecule has 1 unspecified atom stereocenters. The number of carbonyl (C=O) groups is 1. The van der Waals surface area contributed by atoms with Gasteiger partial charge in [-0.3, -0.25) is 9.89 Å². The van der Waals surface area contributed by atoms with Crippen LogP contribution in [0.4, 0.5) is 8.78 Å². The van der Waals surface area contributed by atoms with E-state index >= 15 is 0 Å². The Bertz CT molecular complexity index is 1290. The maximum atomic E-state index is 14.5. The van der Waals surface area contributed by atoms with Crippen LogP contribution in [0.5, 0.6) is 0 Å². The van der Waals surface area contributed by atoms with Crippen molar-refractivity contribution in [1.82, 2.24) is 15.5 Å². The lowest BCUT2D eigenvalue weighted by Crippen LogP contribution is -2.38. The molecule has 1 aliphatic rings. The van der Waals surface area contributed by atoms with Crippen molar-refractivity contribution < 1.29 is 22.0 Å². The van der Waals surface area contributed by atoms with Crippen molar-refractivity contribution in [2.45, 2.75) is 31.1 Å². The predicted octanol–water partition coefficient (Wildman–Crippen LogP) is 4.37. The highest BCUT2D eigenvalue weighted by Gasteiger charge is 2.39. The van der Waals surface area contributed by atoms with Crippen molar-refractivity contribution in [2.24, 2.45) is 0 Å². The zero-order chi connectivity index (χ0) is 23.0. The summed E-state index contributed by atoms with van der Waals surface area (Å²) < 4.78 is 53.9. The third-order valence-corrected chi connectivity index (χ3v) is 8.25.